The van der Waals surface area contributed by atoms with E-state index >= 15 is 0 Å². The Hall–Kier alpha value is -3.22. The lowest BCUT2D eigenvalue weighted by molar-refractivity contribution is -0.138. The SMILES string of the molecule is N#Cc1ccc(-n2c(O)c3n(c2=O)[C@@H]2CC3N(C(=O)C3CC3)C2)cc1C(F)(F)F. The lowest BCUT2D eigenvalue weighted by Crippen LogP contribution is -2.38. The van der Waals surface area contributed by atoms with E-state index < -0.39 is 34.9 Å². The van der Waals surface area contributed by atoms with E-state index in [1.54, 1.807) is 4.90 Å². The molecule has 10 heteroatoms. The first-order valence-electron chi connectivity index (χ1n) is 9.20. The van der Waals surface area contributed by atoms with Gasteiger partial charge in [-0.05, 0) is 37.5 Å². The van der Waals surface area contributed by atoms with Gasteiger partial charge in [-0.25, -0.2) is 9.36 Å². The van der Waals surface area contributed by atoms with Crippen molar-refractivity contribution in [3.63, 3.8) is 0 Å². The van der Waals surface area contributed by atoms with Crippen LogP contribution in [0.25, 0.3) is 5.69 Å². The Morgan fingerprint density at radius 3 is 2.62 bits per heavy atom. The highest BCUT2D eigenvalue weighted by atomic mass is 19.4. The zero-order valence-corrected chi connectivity index (χ0v) is 15.0. The number of halogens is 3. The van der Waals surface area contributed by atoms with Gasteiger partial charge in [-0.3, -0.25) is 9.36 Å². The van der Waals surface area contributed by atoms with Gasteiger partial charge in [0.25, 0.3) is 0 Å². The Labute approximate surface area is 162 Å². The number of rotatable bonds is 2. The summed E-state index contributed by atoms with van der Waals surface area (Å²) in [4.78, 5) is 27.1. The minimum absolute atomic E-state index is 0.001000. The average molecular weight is 404 g/mol. The maximum atomic E-state index is 13.3. The molecule has 2 aromatic rings. The summed E-state index contributed by atoms with van der Waals surface area (Å²) in [5.41, 5.74) is -2.31. The van der Waals surface area contributed by atoms with E-state index in [-0.39, 0.29) is 29.2 Å². The molecule has 0 spiro atoms. The number of aromatic nitrogens is 2. The molecule has 2 bridgehead atoms. The summed E-state index contributed by atoms with van der Waals surface area (Å²) in [5.74, 6) is -0.471. The standard InChI is InChI=1S/C19H15F3N4O3/c20-19(21,22)13-5-11(4-3-10(13)7-23)26-17(28)15-14-6-12(25(15)18(26)29)8-24(14)16(27)9-1-2-9/h3-5,9,12,14,28H,1-2,6,8H2/t12-,14?/m1/s1. The molecule has 1 unspecified atom stereocenters. The van der Waals surface area contributed by atoms with Gasteiger partial charge < -0.3 is 10.0 Å². The third-order valence-corrected chi connectivity index (χ3v) is 5.95. The molecule has 2 atom stereocenters. The zero-order valence-electron chi connectivity index (χ0n) is 15.0. The number of aromatic hydroxyl groups is 1. The van der Waals surface area contributed by atoms with Crippen molar-refractivity contribution in [1.29, 1.82) is 5.26 Å². The molecule has 5 rings (SSSR count). The number of benzene rings is 1. The fourth-order valence-corrected chi connectivity index (χ4v) is 4.49. The van der Waals surface area contributed by atoms with Crippen molar-refractivity contribution in [3.8, 4) is 17.6 Å². The van der Waals surface area contributed by atoms with Gasteiger partial charge in [-0.1, -0.05) is 0 Å². The Morgan fingerprint density at radius 2 is 2.00 bits per heavy atom. The second kappa shape index (κ2) is 5.65. The van der Waals surface area contributed by atoms with Crippen molar-refractivity contribution < 1.29 is 23.1 Å². The van der Waals surface area contributed by atoms with Crippen molar-refractivity contribution in [2.24, 2.45) is 5.92 Å². The van der Waals surface area contributed by atoms with Crippen LogP contribution in [0.15, 0.2) is 23.0 Å². The van der Waals surface area contributed by atoms with Crippen molar-refractivity contribution in [2.45, 2.75) is 37.5 Å². The molecular weight excluding hydrogens is 389 g/mol. The van der Waals surface area contributed by atoms with Gasteiger partial charge in [0.05, 0.1) is 35.0 Å². The number of fused-ring (bicyclic) bond motifs is 5. The van der Waals surface area contributed by atoms with E-state index in [0.717, 1.165) is 23.5 Å². The Balaban J connectivity index is 1.62. The smallest absolute Gasteiger partial charge is 0.417 e. The highest BCUT2D eigenvalue weighted by molar-refractivity contribution is 5.82. The van der Waals surface area contributed by atoms with Crippen LogP contribution in [-0.4, -0.2) is 31.6 Å². The van der Waals surface area contributed by atoms with E-state index in [1.165, 1.54) is 16.7 Å². The Kier molecular flexibility index (Phi) is 3.48. The van der Waals surface area contributed by atoms with Crippen LogP contribution >= 0.6 is 0 Å². The van der Waals surface area contributed by atoms with Gasteiger partial charge in [0.2, 0.25) is 11.8 Å². The van der Waals surface area contributed by atoms with Crippen LogP contribution in [0.4, 0.5) is 13.2 Å². The van der Waals surface area contributed by atoms with Crippen LogP contribution in [-0.2, 0) is 11.0 Å². The number of amides is 1. The third kappa shape index (κ3) is 2.43. The quantitative estimate of drug-likeness (QED) is 0.833. The lowest BCUT2D eigenvalue weighted by Gasteiger charge is -2.27. The highest BCUT2D eigenvalue weighted by Crippen LogP contribution is 2.50. The minimum Gasteiger partial charge on any atom is -0.493 e. The molecule has 3 heterocycles. The van der Waals surface area contributed by atoms with Gasteiger partial charge in [0.1, 0.15) is 5.69 Å². The summed E-state index contributed by atoms with van der Waals surface area (Å²) < 4.78 is 42.1. The fourth-order valence-electron chi connectivity index (χ4n) is 4.49. The molecule has 2 fully saturated rings. The number of alkyl halides is 3. The van der Waals surface area contributed by atoms with Crippen LogP contribution in [0.5, 0.6) is 5.88 Å². The predicted molar refractivity (Wildman–Crippen MR) is 92.2 cm³/mol. The minimum atomic E-state index is -4.78. The molecule has 1 aromatic carbocycles. The Morgan fingerprint density at radius 1 is 1.28 bits per heavy atom. The van der Waals surface area contributed by atoms with Crippen LogP contribution < -0.4 is 5.69 Å². The van der Waals surface area contributed by atoms with Crippen molar-refractivity contribution >= 4 is 5.91 Å². The number of carbonyl (C=O) groups is 1. The predicted octanol–water partition coefficient (Wildman–Crippen LogP) is 2.47. The first-order chi connectivity index (χ1) is 13.7. The maximum Gasteiger partial charge on any atom is 0.417 e. The van der Waals surface area contributed by atoms with Crippen molar-refractivity contribution in [3.05, 3.63) is 45.5 Å². The number of likely N-dealkylation sites (tertiary alicyclic amines) is 1. The largest absolute Gasteiger partial charge is 0.493 e. The molecule has 29 heavy (non-hydrogen) atoms. The number of hydrogen-bond acceptors (Lipinski definition) is 4. The van der Waals surface area contributed by atoms with Crippen molar-refractivity contribution in [2.75, 3.05) is 6.54 Å². The molecule has 1 amide bonds. The topological polar surface area (TPSA) is 91.3 Å². The van der Waals surface area contributed by atoms with Gasteiger partial charge in [-0.15, -0.1) is 0 Å². The van der Waals surface area contributed by atoms with Crippen molar-refractivity contribution in [1.82, 2.24) is 14.0 Å². The summed E-state index contributed by atoms with van der Waals surface area (Å²) >= 11 is 0. The molecular formula is C19H15F3N4O3. The fraction of sp³-hybridized carbons (Fsp3) is 0.421. The van der Waals surface area contributed by atoms with Crippen LogP contribution in [0.2, 0.25) is 0 Å². The van der Waals surface area contributed by atoms with Crippen LogP contribution in [0.1, 0.15) is 48.2 Å². The maximum absolute atomic E-state index is 13.3. The van der Waals surface area contributed by atoms with Gasteiger partial charge in [-0.2, -0.15) is 18.4 Å². The Bertz CT molecular complexity index is 1150. The molecule has 1 aliphatic carbocycles. The van der Waals surface area contributed by atoms with E-state index in [0.29, 0.717) is 19.0 Å². The summed E-state index contributed by atoms with van der Waals surface area (Å²) in [6, 6.07) is 3.58. The van der Waals surface area contributed by atoms with Crippen LogP contribution in [0.3, 0.4) is 0 Å². The third-order valence-electron chi connectivity index (χ3n) is 5.95. The second-order valence-electron chi connectivity index (χ2n) is 7.71. The molecule has 1 saturated carbocycles. The first kappa shape index (κ1) is 17.8. The van der Waals surface area contributed by atoms with E-state index in [4.69, 9.17) is 5.26 Å². The molecule has 7 nitrogen and oxygen atoms in total. The lowest BCUT2D eigenvalue weighted by atomic mass is 10.1. The summed E-state index contributed by atoms with van der Waals surface area (Å²) in [6.07, 6.45) is -2.61. The summed E-state index contributed by atoms with van der Waals surface area (Å²) in [7, 11) is 0. The summed E-state index contributed by atoms with van der Waals surface area (Å²) in [5, 5.41) is 19.7. The monoisotopic (exact) mass is 404 g/mol. The van der Waals surface area contributed by atoms with Gasteiger partial charge in [0, 0.05) is 12.5 Å². The highest BCUT2D eigenvalue weighted by Gasteiger charge is 2.51. The molecule has 150 valence electrons. The number of hydrogen-bond donors (Lipinski definition) is 1. The molecule has 1 N–H and O–H groups in total. The van der Waals surface area contributed by atoms with E-state index in [2.05, 4.69) is 0 Å². The molecule has 2 aliphatic heterocycles. The number of imidazole rings is 1. The zero-order chi connectivity index (χ0) is 20.7. The van der Waals surface area contributed by atoms with Gasteiger partial charge in [0.15, 0.2) is 0 Å². The van der Waals surface area contributed by atoms with E-state index in [1.807, 2.05) is 0 Å². The molecule has 0 radical (unpaired) electrons. The number of nitrogens with zero attached hydrogens (tertiary/aromatic N) is 4. The average Bonchev–Trinajstić information content (AvgIpc) is 3.27. The van der Waals surface area contributed by atoms with E-state index in [9.17, 15) is 27.9 Å². The normalized spacial score (nSPS) is 22.6. The first-order valence-corrected chi connectivity index (χ1v) is 9.20. The summed E-state index contributed by atoms with van der Waals surface area (Å²) in [6.45, 7) is 0.359. The van der Waals surface area contributed by atoms with Crippen LogP contribution in [0, 0.1) is 17.2 Å². The number of carbonyl (C=O) groups excluding carboxylic acids is 1. The second-order valence-corrected chi connectivity index (χ2v) is 7.71. The molecule has 1 aromatic heterocycles. The number of nitriles is 1. The molecule has 1 saturated heterocycles. The molecule has 3 aliphatic rings. The van der Waals surface area contributed by atoms with Gasteiger partial charge >= 0.3 is 11.9 Å².